The number of unbranched alkanes of at least 4 members (excludes halogenated alkanes) is 1. The van der Waals surface area contributed by atoms with Crippen molar-refractivity contribution in [2.24, 2.45) is 0 Å². The zero-order chi connectivity index (χ0) is 22.3. The highest BCUT2D eigenvalue weighted by atomic mass is 32.1. The van der Waals surface area contributed by atoms with Gasteiger partial charge in [-0.2, -0.15) is 0 Å². The monoisotopic (exact) mass is 455 g/mol. The Morgan fingerprint density at radius 3 is 2.38 bits per heavy atom. The highest BCUT2D eigenvalue weighted by molar-refractivity contribution is 7.22. The lowest BCUT2D eigenvalue weighted by Crippen LogP contribution is -2.43. The fourth-order valence-corrected chi connectivity index (χ4v) is 5.14. The number of likely N-dealkylation sites (tertiary alicyclic amines) is 1. The van der Waals surface area contributed by atoms with Gasteiger partial charge in [-0.25, -0.2) is 4.98 Å². The van der Waals surface area contributed by atoms with Gasteiger partial charge in [0.1, 0.15) is 17.2 Å². The average molecular weight is 456 g/mol. The minimum Gasteiger partial charge on any atom is -0.497 e. The van der Waals surface area contributed by atoms with Crippen LogP contribution in [0.5, 0.6) is 17.2 Å². The lowest BCUT2D eigenvalue weighted by molar-refractivity contribution is 0.201. The number of hydrogen-bond acceptors (Lipinski definition) is 7. The zero-order valence-corrected chi connectivity index (χ0v) is 20.1. The number of anilines is 1. The van der Waals surface area contributed by atoms with E-state index in [-0.39, 0.29) is 0 Å². The predicted molar refractivity (Wildman–Crippen MR) is 132 cm³/mol. The van der Waals surface area contributed by atoms with Gasteiger partial charge in [-0.3, -0.25) is 0 Å². The first-order chi connectivity index (χ1) is 15.7. The van der Waals surface area contributed by atoms with Crippen LogP contribution in [-0.4, -0.2) is 63.4 Å². The molecule has 172 valence electrons. The topological polar surface area (TPSA) is 47.1 Å². The fourth-order valence-electron chi connectivity index (χ4n) is 4.16. The second-order valence-electron chi connectivity index (χ2n) is 8.24. The number of piperidine rings is 1. The Morgan fingerprint density at radius 2 is 1.66 bits per heavy atom. The molecule has 4 rings (SSSR count). The third-order valence-corrected chi connectivity index (χ3v) is 7.31. The average Bonchev–Trinajstić information content (AvgIpc) is 3.27. The normalized spacial score (nSPS) is 15.1. The summed E-state index contributed by atoms with van der Waals surface area (Å²) in [5, 5.41) is 1.10. The van der Waals surface area contributed by atoms with E-state index in [4.69, 9.17) is 19.2 Å². The molecule has 0 aliphatic carbocycles. The van der Waals surface area contributed by atoms with Crippen LogP contribution >= 0.6 is 11.3 Å². The molecule has 1 aliphatic rings. The van der Waals surface area contributed by atoms with Gasteiger partial charge in [-0.05, 0) is 68.6 Å². The number of methoxy groups -OCH3 is 2. The molecule has 1 aliphatic heterocycles. The largest absolute Gasteiger partial charge is 0.497 e. The number of fused-ring (bicyclic) bond motifs is 1. The second kappa shape index (κ2) is 10.9. The number of thiazole rings is 1. The highest BCUT2D eigenvalue weighted by Crippen LogP contribution is 2.32. The fraction of sp³-hybridized carbons (Fsp3) is 0.480. The molecule has 2 heterocycles. The van der Waals surface area contributed by atoms with Crippen molar-refractivity contribution < 1.29 is 14.2 Å². The van der Waals surface area contributed by atoms with E-state index in [2.05, 4.69) is 22.9 Å². The minimum atomic E-state index is 0.548. The summed E-state index contributed by atoms with van der Waals surface area (Å²) in [7, 11) is 5.56. The molecular formula is C25H33N3O3S. The van der Waals surface area contributed by atoms with Gasteiger partial charge < -0.3 is 24.0 Å². The Bertz CT molecular complexity index is 984. The molecule has 0 atom stereocenters. The molecule has 3 aromatic rings. The van der Waals surface area contributed by atoms with E-state index >= 15 is 0 Å². The second-order valence-corrected chi connectivity index (χ2v) is 9.25. The Labute approximate surface area is 194 Å². The highest BCUT2D eigenvalue weighted by Gasteiger charge is 2.24. The first-order valence-electron chi connectivity index (χ1n) is 11.3. The summed E-state index contributed by atoms with van der Waals surface area (Å²) in [6, 6.07) is 14.5. The molecule has 1 fully saturated rings. The zero-order valence-electron chi connectivity index (χ0n) is 19.3. The number of ether oxygens (including phenoxy) is 3. The molecule has 0 radical (unpaired) electrons. The molecular weight excluding hydrogens is 422 g/mol. The summed E-state index contributed by atoms with van der Waals surface area (Å²) in [5.74, 6) is 2.62. The smallest absolute Gasteiger partial charge is 0.186 e. The third kappa shape index (κ3) is 5.64. The molecule has 0 amide bonds. The van der Waals surface area contributed by atoms with E-state index in [1.54, 1.807) is 25.6 Å². The summed E-state index contributed by atoms with van der Waals surface area (Å²) in [5.41, 5.74) is 1.02. The molecule has 7 heteroatoms. The first kappa shape index (κ1) is 22.7. The van der Waals surface area contributed by atoms with E-state index < -0.39 is 0 Å². The van der Waals surface area contributed by atoms with Crippen molar-refractivity contribution >= 4 is 26.7 Å². The van der Waals surface area contributed by atoms with Gasteiger partial charge in [0.2, 0.25) is 0 Å². The van der Waals surface area contributed by atoms with Crippen LogP contribution in [0.2, 0.25) is 0 Å². The number of hydrogen-bond donors (Lipinski definition) is 0. The maximum Gasteiger partial charge on any atom is 0.186 e. The number of nitrogens with zero attached hydrogens (tertiary/aromatic N) is 3. The lowest BCUT2D eigenvalue weighted by Gasteiger charge is -2.36. The van der Waals surface area contributed by atoms with Gasteiger partial charge in [-0.15, -0.1) is 0 Å². The van der Waals surface area contributed by atoms with Gasteiger partial charge in [0.25, 0.3) is 0 Å². The lowest BCUT2D eigenvalue weighted by atomic mass is 10.0. The molecule has 0 unspecified atom stereocenters. The SMILES string of the molecule is COc1ccc(OCCCCN2CCC(N(C)c3nc4cc(OC)ccc4s3)CC2)cc1. The molecule has 0 N–H and O–H groups in total. The molecule has 2 aromatic carbocycles. The van der Waals surface area contributed by atoms with Crippen LogP contribution in [0.4, 0.5) is 5.13 Å². The maximum atomic E-state index is 5.84. The standard InChI is InChI=1S/C25H33N3O3S/c1-27(25-26-23-18-22(30-3)10-11-24(23)32-25)19-12-15-28(16-13-19)14-4-5-17-31-21-8-6-20(29-2)7-9-21/h6-11,18-19H,4-5,12-17H2,1-3H3. The first-order valence-corrected chi connectivity index (χ1v) is 12.1. The van der Waals surface area contributed by atoms with Gasteiger partial charge in [-0.1, -0.05) is 11.3 Å². The Kier molecular flexibility index (Phi) is 7.71. The molecule has 1 aromatic heterocycles. The van der Waals surface area contributed by atoms with E-state index in [1.807, 2.05) is 36.4 Å². The van der Waals surface area contributed by atoms with Crippen molar-refractivity contribution in [1.29, 1.82) is 0 Å². The van der Waals surface area contributed by atoms with Crippen molar-refractivity contribution in [3.8, 4) is 17.2 Å². The van der Waals surface area contributed by atoms with Gasteiger partial charge in [0.05, 0.1) is 31.0 Å². The van der Waals surface area contributed by atoms with Gasteiger partial charge in [0.15, 0.2) is 5.13 Å². The summed E-state index contributed by atoms with van der Waals surface area (Å²) in [6.45, 7) is 4.19. The molecule has 0 spiro atoms. The Morgan fingerprint density at radius 1 is 0.969 bits per heavy atom. The van der Waals surface area contributed by atoms with Crippen molar-refractivity contribution in [1.82, 2.24) is 9.88 Å². The van der Waals surface area contributed by atoms with Crippen molar-refractivity contribution in [2.45, 2.75) is 31.7 Å². The molecule has 32 heavy (non-hydrogen) atoms. The Balaban J connectivity index is 1.17. The third-order valence-electron chi connectivity index (χ3n) is 6.19. The van der Waals surface area contributed by atoms with Crippen LogP contribution in [0.15, 0.2) is 42.5 Å². The molecule has 6 nitrogen and oxygen atoms in total. The van der Waals surface area contributed by atoms with E-state index in [0.29, 0.717) is 6.04 Å². The molecule has 0 saturated carbocycles. The number of rotatable bonds is 10. The van der Waals surface area contributed by atoms with Crippen molar-refractivity contribution in [3.63, 3.8) is 0 Å². The predicted octanol–water partition coefficient (Wildman–Crippen LogP) is 5.07. The molecule has 0 bridgehead atoms. The van der Waals surface area contributed by atoms with Crippen LogP contribution < -0.4 is 19.1 Å². The summed E-state index contributed by atoms with van der Waals surface area (Å²) in [6.07, 6.45) is 4.59. The van der Waals surface area contributed by atoms with Gasteiger partial charge >= 0.3 is 0 Å². The minimum absolute atomic E-state index is 0.548. The quantitative estimate of drug-likeness (QED) is 0.398. The summed E-state index contributed by atoms with van der Waals surface area (Å²) < 4.78 is 17.6. The molecule has 1 saturated heterocycles. The van der Waals surface area contributed by atoms with Crippen LogP contribution in [0.3, 0.4) is 0 Å². The van der Waals surface area contributed by atoms with Gasteiger partial charge in [0, 0.05) is 32.2 Å². The van der Waals surface area contributed by atoms with E-state index in [9.17, 15) is 0 Å². The Hall–Kier alpha value is -2.51. The van der Waals surface area contributed by atoms with Crippen molar-refractivity contribution in [2.75, 3.05) is 52.4 Å². The summed E-state index contributed by atoms with van der Waals surface area (Å²) >= 11 is 1.76. The van der Waals surface area contributed by atoms with Crippen molar-refractivity contribution in [3.05, 3.63) is 42.5 Å². The van der Waals surface area contributed by atoms with Crippen LogP contribution in [0.25, 0.3) is 10.2 Å². The van der Waals surface area contributed by atoms with E-state index in [0.717, 1.165) is 67.0 Å². The van der Waals surface area contributed by atoms with Crippen LogP contribution in [-0.2, 0) is 0 Å². The number of benzene rings is 2. The van der Waals surface area contributed by atoms with Crippen LogP contribution in [0, 0.1) is 0 Å². The number of aromatic nitrogens is 1. The maximum absolute atomic E-state index is 5.84. The van der Waals surface area contributed by atoms with Crippen LogP contribution in [0.1, 0.15) is 25.7 Å². The summed E-state index contributed by atoms with van der Waals surface area (Å²) in [4.78, 5) is 9.81. The van der Waals surface area contributed by atoms with E-state index in [1.165, 1.54) is 17.5 Å².